The van der Waals surface area contributed by atoms with Gasteiger partial charge in [0.05, 0.1) is 17.7 Å². The number of hydrogen-bond acceptors (Lipinski definition) is 2. The van der Waals surface area contributed by atoms with Gasteiger partial charge in [-0.2, -0.15) is 0 Å². The number of nitrogens with one attached hydrogen (secondary N) is 1. The van der Waals surface area contributed by atoms with Crippen LogP contribution in [0.3, 0.4) is 0 Å². The normalized spacial score (nSPS) is 10.6. The molecule has 5 heteroatoms. The van der Waals surface area contributed by atoms with Gasteiger partial charge >= 0.3 is 0 Å². The second-order valence-corrected chi connectivity index (χ2v) is 5.39. The van der Waals surface area contributed by atoms with Gasteiger partial charge in [-0.15, -0.1) is 0 Å². The van der Waals surface area contributed by atoms with E-state index in [0.29, 0.717) is 17.0 Å². The molecule has 0 radical (unpaired) electrons. The Morgan fingerprint density at radius 3 is 2.43 bits per heavy atom. The van der Waals surface area contributed by atoms with Crippen molar-refractivity contribution in [1.82, 2.24) is 0 Å². The Balaban J connectivity index is 1.97. The Labute approximate surface area is 137 Å². The third-order valence-electron chi connectivity index (χ3n) is 3.49. The largest absolute Gasteiger partial charge is 0.496 e. The summed E-state index contributed by atoms with van der Waals surface area (Å²) in [6, 6.07) is 15.3. The molecule has 1 N–H and O–H groups in total. The highest BCUT2D eigenvalue weighted by Gasteiger charge is 2.14. The Kier molecular flexibility index (Phi) is 4.17. The number of anilines is 1. The molecule has 0 heterocycles. The molecule has 1 amide bonds. The minimum absolute atomic E-state index is 0.0479. The molecule has 0 bridgehead atoms. The smallest absolute Gasteiger partial charge is 0.259 e. The van der Waals surface area contributed by atoms with Crippen molar-refractivity contribution >= 4 is 34.0 Å². The molecule has 0 fully saturated rings. The lowest BCUT2D eigenvalue weighted by Crippen LogP contribution is -2.13. The summed E-state index contributed by atoms with van der Waals surface area (Å²) in [5.41, 5.74) is 0.809. The van der Waals surface area contributed by atoms with Crippen LogP contribution in [0.1, 0.15) is 10.4 Å². The van der Waals surface area contributed by atoms with Gasteiger partial charge in [0.15, 0.2) is 0 Å². The third kappa shape index (κ3) is 3.12. The molecule has 0 aliphatic rings. The van der Waals surface area contributed by atoms with E-state index in [1.54, 1.807) is 6.07 Å². The maximum atomic E-state index is 13.2. The van der Waals surface area contributed by atoms with E-state index >= 15 is 0 Å². The standard InChI is InChI=1S/C18H13ClFNO2/c1-23-17-9-12-5-3-2-4-11(12)8-14(17)18(22)21-13-6-7-16(20)15(19)10-13/h2-10H,1H3,(H,21,22). The summed E-state index contributed by atoms with van der Waals surface area (Å²) in [5.74, 6) is -0.419. The number of carbonyl (C=O) groups excluding carboxylic acids is 1. The molecule has 23 heavy (non-hydrogen) atoms. The predicted octanol–water partition coefficient (Wildman–Crippen LogP) is 4.89. The summed E-state index contributed by atoms with van der Waals surface area (Å²) in [7, 11) is 1.51. The summed E-state index contributed by atoms with van der Waals surface area (Å²) in [5, 5.41) is 4.55. The molecule has 0 aromatic heterocycles. The number of rotatable bonds is 3. The first-order valence-electron chi connectivity index (χ1n) is 6.91. The van der Waals surface area contributed by atoms with Gasteiger partial charge < -0.3 is 10.1 Å². The SMILES string of the molecule is COc1cc2ccccc2cc1C(=O)Nc1ccc(F)c(Cl)c1. The molecule has 0 saturated carbocycles. The number of fused-ring (bicyclic) bond motifs is 1. The van der Waals surface area contributed by atoms with Gasteiger partial charge in [0.25, 0.3) is 5.91 Å². The molecule has 0 aliphatic heterocycles. The van der Waals surface area contributed by atoms with Crippen LogP contribution in [0.4, 0.5) is 10.1 Å². The third-order valence-corrected chi connectivity index (χ3v) is 3.78. The van der Waals surface area contributed by atoms with Gasteiger partial charge in [0.2, 0.25) is 0 Å². The van der Waals surface area contributed by atoms with Crippen molar-refractivity contribution < 1.29 is 13.9 Å². The molecule has 3 nitrogen and oxygen atoms in total. The molecule has 3 aromatic rings. The average molecular weight is 330 g/mol. The molecule has 0 unspecified atom stereocenters. The maximum absolute atomic E-state index is 13.2. The van der Waals surface area contributed by atoms with Crippen LogP contribution in [-0.2, 0) is 0 Å². The average Bonchev–Trinajstić information content (AvgIpc) is 2.57. The van der Waals surface area contributed by atoms with Crippen LogP contribution in [0.5, 0.6) is 5.75 Å². The molecule has 0 atom stereocenters. The number of carbonyl (C=O) groups is 1. The summed E-state index contributed by atoms with van der Waals surface area (Å²) >= 11 is 5.73. The minimum atomic E-state index is -0.534. The highest BCUT2D eigenvalue weighted by Crippen LogP contribution is 2.27. The van der Waals surface area contributed by atoms with Gasteiger partial charge in [-0.05, 0) is 41.1 Å². The van der Waals surface area contributed by atoms with Crippen molar-refractivity contribution in [3.63, 3.8) is 0 Å². The van der Waals surface area contributed by atoms with Crippen molar-refractivity contribution in [3.05, 3.63) is 71.0 Å². The van der Waals surface area contributed by atoms with E-state index in [0.717, 1.165) is 10.8 Å². The number of hydrogen-bond donors (Lipinski definition) is 1. The molecule has 3 rings (SSSR count). The molecular formula is C18H13ClFNO2. The molecule has 0 saturated heterocycles. The fraction of sp³-hybridized carbons (Fsp3) is 0.0556. The van der Waals surface area contributed by atoms with E-state index in [4.69, 9.17) is 16.3 Å². The molecular weight excluding hydrogens is 317 g/mol. The number of methoxy groups -OCH3 is 1. The second kappa shape index (κ2) is 6.26. The Morgan fingerprint density at radius 1 is 1.09 bits per heavy atom. The first-order valence-corrected chi connectivity index (χ1v) is 7.29. The van der Waals surface area contributed by atoms with E-state index < -0.39 is 5.82 Å². The van der Waals surface area contributed by atoms with Crippen molar-refractivity contribution in [2.24, 2.45) is 0 Å². The lowest BCUT2D eigenvalue weighted by Gasteiger charge is -2.11. The first-order chi connectivity index (χ1) is 11.1. The lowest BCUT2D eigenvalue weighted by atomic mass is 10.1. The Hall–Kier alpha value is -2.59. The fourth-order valence-corrected chi connectivity index (χ4v) is 2.52. The van der Waals surface area contributed by atoms with Crippen LogP contribution >= 0.6 is 11.6 Å². The van der Waals surface area contributed by atoms with Crippen LogP contribution in [0.15, 0.2) is 54.6 Å². The highest BCUT2D eigenvalue weighted by molar-refractivity contribution is 6.31. The topological polar surface area (TPSA) is 38.3 Å². The van der Waals surface area contributed by atoms with Gasteiger partial charge in [-0.25, -0.2) is 4.39 Å². The number of amides is 1. The quantitative estimate of drug-likeness (QED) is 0.742. The molecule has 116 valence electrons. The van der Waals surface area contributed by atoms with Crippen LogP contribution in [0, 0.1) is 5.82 Å². The van der Waals surface area contributed by atoms with Crippen molar-refractivity contribution in [1.29, 1.82) is 0 Å². The predicted molar refractivity (Wildman–Crippen MR) is 89.9 cm³/mol. The summed E-state index contributed by atoms with van der Waals surface area (Å²) < 4.78 is 18.5. The summed E-state index contributed by atoms with van der Waals surface area (Å²) in [6.45, 7) is 0. The molecule has 0 aliphatic carbocycles. The van der Waals surface area contributed by atoms with Gasteiger partial charge in [-0.3, -0.25) is 4.79 Å². The Bertz CT molecular complexity index is 895. The number of halogens is 2. The van der Waals surface area contributed by atoms with Crippen molar-refractivity contribution in [3.8, 4) is 5.75 Å². The monoisotopic (exact) mass is 329 g/mol. The van der Waals surface area contributed by atoms with E-state index in [1.165, 1.54) is 25.3 Å². The number of benzene rings is 3. The highest BCUT2D eigenvalue weighted by atomic mass is 35.5. The number of ether oxygens (including phenoxy) is 1. The van der Waals surface area contributed by atoms with Gasteiger partial charge in [0.1, 0.15) is 11.6 Å². The van der Waals surface area contributed by atoms with E-state index in [-0.39, 0.29) is 10.9 Å². The van der Waals surface area contributed by atoms with Crippen molar-refractivity contribution in [2.45, 2.75) is 0 Å². The Morgan fingerprint density at radius 2 is 1.78 bits per heavy atom. The van der Waals surface area contributed by atoms with Gasteiger partial charge in [-0.1, -0.05) is 35.9 Å². The second-order valence-electron chi connectivity index (χ2n) is 4.98. The zero-order chi connectivity index (χ0) is 16.4. The first kappa shape index (κ1) is 15.3. The van der Waals surface area contributed by atoms with Crippen LogP contribution in [-0.4, -0.2) is 13.0 Å². The van der Waals surface area contributed by atoms with Crippen LogP contribution in [0.2, 0.25) is 5.02 Å². The van der Waals surface area contributed by atoms with Gasteiger partial charge in [0, 0.05) is 5.69 Å². The van der Waals surface area contributed by atoms with E-state index in [1.807, 2.05) is 30.3 Å². The molecule has 3 aromatic carbocycles. The zero-order valence-corrected chi connectivity index (χ0v) is 13.0. The maximum Gasteiger partial charge on any atom is 0.259 e. The fourth-order valence-electron chi connectivity index (χ4n) is 2.34. The zero-order valence-electron chi connectivity index (χ0n) is 12.3. The minimum Gasteiger partial charge on any atom is -0.496 e. The summed E-state index contributed by atoms with van der Waals surface area (Å²) in [6.07, 6.45) is 0. The van der Waals surface area contributed by atoms with E-state index in [2.05, 4.69) is 5.32 Å². The van der Waals surface area contributed by atoms with Crippen LogP contribution in [0.25, 0.3) is 10.8 Å². The lowest BCUT2D eigenvalue weighted by molar-refractivity contribution is 0.102. The molecule has 0 spiro atoms. The van der Waals surface area contributed by atoms with Crippen molar-refractivity contribution in [2.75, 3.05) is 12.4 Å². The van der Waals surface area contributed by atoms with E-state index in [9.17, 15) is 9.18 Å². The van der Waals surface area contributed by atoms with Crippen LogP contribution < -0.4 is 10.1 Å². The summed E-state index contributed by atoms with van der Waals surface area (Å²) in [4.78, 5) is 12.5.